The largest absolute Gasteiger partial charge is 0.334 e. The molecule has 5 heterocycles. The monoisotopic (exact) mass is 1140 g/mol. The van der Waals surface area contributed by atoms with Crippen LogP contribution in [0.25, 0.3) is 0 Å². The lowest BCUT2D eigenvalue weighted by Crippen LogP contribution is -2.57. The molecule has 3 fully saturated rings. The molecular weight excluding hydrogens is 1050 g/mol. The van der Waals surface area contributed by atoms with Crippen LogP contribution in [0.5, 0.6) is 0 Å². The molecule has 442 valence electrons. The van der Waals surface area contributed by atoms with Gasteiger partial charge in [0.15, 0.2) is 23.1 Å². The fourth-order valence-corrected chi connectivity index (χ4v) is 11.8. The number of nitrogens with zero attached hydrogens (tertiary/aromatic N) is 7. The van der Waals surface area contributed by atoms with Crippen LogP contribution in [0.2, 0.25) is 0 Å². The first-order valence-corrected chi connectivity index (χ1v) is 29.9. The van der Waals surface area contributed by atoms with E-state index in [-0.39, 0.29) is 121 Å². The molecule has 6 rings (SSSR count). The summed E-state index contributed by atoms with van der Waals surface area (Å²) in [5.74, 6) is 10.2. The first-order valence-electron chi connectivity index (χ1n) is 26.6. The maximum absolute atomic E-state index is 12.7. The first kappa shape index (κ1) is 69.3. The number of likely N-dealkylation sites (N-methyl/N-ethyl adjacent to an activating group) is 3. The zero-order valence-electron chi connectivity index (χ0n) is 49.5. The third kappa shape index (κ3) is 18.9. The SMILES string of the molecule is C=S1CC(NC)C(=O)N(C(C)C(C)=O)c2ccccc21.C=S1CCN(C(C)C(C)=O)C(=O)C(NC)C1.CNC1CCC(C)N(C(C)C(C)=O)C1=O.CNN1CCCN(C(C)C(C)=O)C1=O.CNn1cncc(C(C)C(C)=O)c1=O. The van der Waals surface area contributed by atoms with Crippen molar-refractivity contribution in [3.63, 3.8) is 0 Å². The van der Waals surface area contributed by atoms with Crippen molar-refractivity contribution in [2.24, 2.45) is 0 Å². The maximum Gasteiger partial charge on any atom is 0.334 e. The fourth-order valence-electron chi connectivity index (χ4n) is 8.81. The number of ketones is 5. The normalized spacial score (nSPS) is 23.1. The molecule has 0 aliphatic carbocycles. The highest BCUT2D eigenvalue weighted by molar-refractivity contribution is 8.14. The highest BCUT2D eigenvalue weighted by Crippen LogP contribution is 2.39. The molecule has 0 radical (unpaired) electrons. The lowest BCUT2D eigenvalue weighted by atomic mass is 9.96. The summed E-state index contributed by atoms with van der Waals surface area (Å²) in [6, 6.07) is 5.77. The van der Waals surface area contributed by atoms with Gasteiger partial charge in [0.2, 0.25) is 17.7 Å². The van der Waals surface area contributed by atoms with Gasteiger partial charge in [-0.15, -0.1) is 0 Å². The van der Waals surface area contributed by atoms with Crippen molar-refractivity contribution in [3.8, 4) is 0 Å². The smallest absolute Gasteiger partial charge is 0.331 e. The lowest BCUT2D eigenvalue weighted by Gasteiger charge is -2.40. The van der Waals surface area contributed by atoms with Crippen molar-refractivity contribution < 1.29 is 43.2 Å². The van der Waals surface area contributed by atoms with Crippen LogP contribution in [-0.2, 0) is 38.4 Å². The van der Waals surface area contributed by atoms with E-state index in [0.717, 1.165) is 41.4 Å². The van der Waals surface area contributed by atoms with Gasteiger partial charge in [-0.05, 0) is 122 Å². The summed E-state index contributed by atoms with van der Waals surface area (Å²) in [6.07, 6.45) is 5.51. The highest BCUT2D eigenvalue weighted by Gasteiger charge is 2.38. The van der Waals surface area contributed by atoms with Crippen LogP contribution in [0.15, 0.2) is 46.5 Å². The molecule has 22 nitrogen and oxygen atoms in total. The summed E-state index contributed by atoms with van der Waals surface area (Å²) in [7, 11) is 8.40. The van der Waals surface area contributed by atoms with Gasteiger partial charge in [0, 0.05) is 79.6 Å². The second-order valence-electron chi connectivity index (χ2n) is 20.0. The van der Waals surface area contributed by atoms with Gasteiger partial charge in [-0.1, -0.05) is 30.8 Å². The number of fused-ring (bicyclic) bond motifs is 1. The number of Topliss-reactive ketones (excluding diaryl/α,β-unsaturated/α-hetero) is 5. The van der Waals surface area contributed by atoms with E-state index < -0.39 is 12.0 Å². The van der Waals surface area contributed by atoms with E-state index in [9.17, 15) is 47.9 Å². The van der Waals surface area contributed by atoms with Gasteiger partial charge in [-0.2, -0.15) is 21.0 Å². The molecule has 2 aromatic rings. The molecule has 4 aliphatic rings. The van der Waals surface area contributed by atoms with Crippen molar-refractivity contribution >= 4 is 91.1 Å². The molecule has 4 aliphatic heterocycles. The third-order valence-corrected chi connectivity index (χ3v) is 18.0. The van der Waals surface area contributed by atoms with Crippen LogP contribution in [-0.4, -0.2) is 214 Å². The van der Waals surface area contributed by atoms with Crippen molar-refractivity contribution in [2.45, 2.75) is 155 Å². The number of anilines is 1. The maximum atomic E-state index is 12.7. The molecule has 5 amide bonds. The summed E-state index contributed by atoms with van der Waals surface area (Å²) < 4.78 is 1.24. The second-order valence-corrected chi connectivity index (χ2v) is 23.7. The zero-order chi connectivity index (χ0) is 60.2. The molecule has 1 aromatic carbocycles. The molecular formula is C55H90N12O10S2. The number of urea groups is 1. The number of para-hydroxylation sites is 1. The Morgan fingerprint density at radius 1 is 0.633 bits per heavy atom. The Bertz CT molecular complexity index is 2580. The van der Waals surface area contributed by atoms with Gasteiger partial charge < -0.3 is 36.1 Å². The average molecular weight is 1140 g/mol. The van der Waals surface area contributed by atoms with E-state index in [4.69, 9.17) is 0 Å². The minimum Gasteiger partial charge on any atom is -0.331 e. The molecule has 24 heteroatoms. The van der Waals surface area contributed by atoms with E-state index in [1.54, 1.807) is 89.5 Å². The number of carbonyl (C=O) groups excluding carboxylic acids is 9. The molecule has 0 saturated carbocycles. The van der Waals surface area contributed by atoms with Gasteiger partial charge >= 0.3 is 6.03 Å². The Kier molecular flexibility index (Phi) is 29.0. The van der Waals surface area contributed by atoms with Gasteiger partial charge in [0.25, 0.3) is 5.56 Å². The van der Waals surface area contributed by atoms with Crippen LogP contribution in [0, 0.1) is 0 Å². The minimum atomic E-state index is -0.463. The quantitative estimate of drug-likeness (QED) is 0.161. The minimum absolute atomic E-state index is 0.00502. The summed E-state index contributed by atoms with van der Waals surface area (Å²) in [6.45, 7) is 20.4. The van der Waals surface area contributed by atoms with Crippen LogP contribution in [0.3, 0.4) is 0 Å². The van der Waals surface area contributed by atoms with E-state index in [2.05, 4.69) is 43.5 Å². The van der Waals surface area contributed by atoms with E-state index in [0.29, 0.717) is 31.0 Å². The third-order valence-electron chi connectivity index (χ3n) is 14.7. The predicted molar refractivity (Wildman–Crippen MR) is 318 cm³/mol. The molecule has 79 heavy (non-hydrogen) atoms. The number of carbonyl (C=O) groups is 9. The molecule has 0 bridgehead atoms. The molecule has 5 N–H and O–H groups in total. The molecule has 11 unspecified atom stereocenters. The number of rotatable bonds is 15. The van der Waals surface area contributed by atoms with E-state index in [1.165, 1.54) is 56.8 Å². The molecule has 3 saturated heterocycles. The van der Waals surface area contributed by atoms with Gasteiger partial charge in [0.05, 0.1) is 48.0 Å². The number of amides is 5. The van der Waals surface area contributed by atoms with Crippen LogP contribution >= 0.6 is 21.0 Å². The van der Waals surface area contributed by atoms with Crippen LogP contribution in [0.4, 0.5) is 10.5 Å². The molecule has 11 atom stereocenters. The van der Waals surface area contributed by atoms with E-state index >= 15 is 0 Å². The van der Waals surface area contributed by atoms with E-state index in [1.807, 2.05) is 31.2 Å². The zero-order valence-corrected chi connectivity index (χ0v) is 51.1. The summed E-state index contributed by atoms with van der Waals surface area (Å²) in [5.41, 5.74) is 6.46. The lowest BCUT2D eigenvalue weighted by molar-refractivity contribution is -0.145. The van der Waals surface area contributed by atoms with Crippen molar-refractivity contribution in [1.82, 2.24) is 50.7 Å². The molecule has 0 spiro atoms. The number of nitrogens with one attached hydrogen (secondary N) is 5. The van der Waals surface area contributed by atoms with Crippen LogP contribution < -0.4 is 37.3 Å². The first-order chi connectivity index (χ1) is 37.1. The topological polar surface area (TPSA) is 265 Å². The summed E-state index contributed by atoms with van der Waals surface area (Å²) in [4.78, 5) is 129. The van der Waals surface area contributed by atoms with Crippen molar-refractivity contribution in [3.05, 3.63) is 52.7 Å². The summed E-state index contributed by atoms with van der Waals surface area (Å²) in [5, 5.41) is 10.6. The second kappa shape index (κ2) is 33.1. The Labute approximate surface area is 472 Å². The Hall–Kier alpha value is -5.79. The molecule has 1 aromatic heterocycles. The van der Waals surface area contributed by atoms with Gasteiger partial charge in [0.1, 0.15) is 12.1 Å². The van der Waals surface area contributed by atoms with Gasteiger partial charge in [-0.25, -0.2) is 19.9 Å². The van der Waals surface area contributed by atoms with Crippen molar-refractivity contribution in [2.75, 3.05) is 82.5 Å². The number of aromatic nitrogens is 2. The Morgan fingerprint density at radius 3 is 1.70 bits per heavy atom. The number of hydrogen-bond donors (Lipinski definition) is 5. The van der Waals surface area contributed by atoms with Gasteiger partial charge in [-0.3, -0.25) is 53.1 Å². The Morgan fingerprint density at radius 2 is 1.18 bits per heavy atom. The average Bonchev–Trinajstić information content (AvgIpc) is 3.65. The number of benzene rings is 1. The van der Waals surface area contributed by atoms with Crippen molar-refractivity contribution in [1.29, 1.82) is 0 Å². The van der Waals surface area contributed by atoms with Crippen LogP contribution in [0.1, 0.15) is 107 Å². The predicted octanol–water partition coefficient (Wildman–Crippen LogP) is 2.65. The number of hydrazine groups is 1. The Balaban J connectivity index is 0.000000340. The number of likely N-dealkylation sites (tertiary alicyclic amines) is 1. The number of hydrogen-bond acceptors (Lipinski definition) is 16. The standard InChI is InChI=1S/C15H20N2O2S.C11H20N2O2S.C11H20N2O2.C9H13N3O2.C9H17N3O2/c1-10(11(2)18)17-13-7-5-6-8-14(13)20(4)9-12(16-3)15(17)19;1-8(9(2)14)13-5-6-16(4)7-10(12-3)11(13)15;1-7-5-6-10(12-4)11(15)13(7)8(2)9(3)14;1-6(7(2)13)8-4-11-5-12(10-3)9(8)14;1-7(8(2)13)11-5-4-6-12(10-3)9(11)14/h5-8,10,12,16H,4,9H2,1-3H3;8,10,12H,4-7H2,1-3H3;7-8,10,12H,5-6H2,1-4H3;4-6,10H,1-3H3;7,10H,4-6H2,1-3H3. The highest BCUT2D eigenvalue weighted by atomic mass is 32.2. The number of piperidine rings is 1. The summed E-state index contributed by atoms with van der Waals surface area (Å²) >= 11 is 0. The fraction of sp³-hybridized carbons (Fsp3) is 0.618.